The van der Waals surface area contributed by atoms with Gasteiger partial charge in [-0.1, -0.05) is 19.9 Å². The third-order valence-corrected chi connectivity index (χ3v) is 3.24. The molecular weight excluding hydrogens is 176 g/mol. The quantitative estimate of drug-likeness (QED) is 0.773. The lowest BCUT2D eigenvalue weighted by Gasteiger charge is -2.03. The second-order valence-electron chi connectivity index (χ2n) is 4.46. The van der Waals surface area contributed by atoms with Crippen LogP contribution in [-0.2, 0) is 0 Å². The molecular formula is C11H16N2O. The van der Waals surface area contributed by atoms with Crippen molar-refractivity contribution in [3.63, 3.8) is 0 Å². The molecule has 0 spiro atoms. The van der Waals surface area contributed by atoms with E-state index >= 15 is 0 Å². The molecule has 0 saturated heterocycles. The summed E-state index contributed by atoms with van der Waals surface area (Å²) in [5.74, 6) is 1.10. The summed E-state index contributed by atoms with van der Waals surface area (Å²) in [7, 11) is 1.62. The molecule has 76 valence electrons. The number of nitrogens with zero attached hydrogens (tertiary/aromatic N) is 1. The highest BCUT2D eigenvalue weighted by atomic mass is 16.5. The molecule has 1 aliphatic rings. The lowest BCUT2D eigenvalue weighted by Crippen LogP contribution is -2.06. The van der Waals surface area contributed by atoms with Crippen molar-refractivity contribution in [2.75, 3.05) is 7.11 Å². The van der Waals surface area contributed by atoms with Gasteiger partial charge in [-0.25, -0.2) is 4.98 Å². The third-order valence-electron chi connectivity index (χ3n) is 3.24. The minimum Gasteiger partial charge on any atom is -0.481 e. The molecule has 0 radical (unpaired) electrons. The second-order valence-corrected chi connectivity index (χ2v) is 4.46. The van der Waals surface area contributed by atoms with Gasteiger partial charge >= 0.3 is 0 Å². The standard InChI is InChI=1S/C11H16N2O/c1-11(2)9(10(11)12)7-4-5-8(14-3)13-6-7/h4-6,9-10H,12H2,1-3H3/t9-,10-/m1/s1. The lowest BCUT2D eigenvalue weighted by atomic mass is 10.1. The van der Waals surface area contributed by atoms with Crippen molar-refractivity contribution in [3.8, 4) is 5.88 Å². The number of hydrogen-bond acceptors (Lipinski definition) is 3. The molecule has 1 saturated carbocycles. The number of hydrogen-bond donors (Lipinski definition) is 1. The molecule has 1 aromatic heterocycles. The maximum absolute atomic E-state index is 5.99. The molecule has 0 aromatic carbocycles. The van der Waals surface area contributed by atoms with Gasteiger partial charge < -0.3 is 10.5 Å². The number of nitrogens with two attached hydrogens (primary N) is 1. The molecule has 1 heterocycles. The van der Waals surface area contributed by atoms with E-state index in [2.05, 4.69) is 18.8 Å². The molecule has 2 N–H and O–H groups in total. The molecule has 0 unspecified atom stereocenters. The van der Waals surface area contributed by atoms with Gasteiger partial charge in [0.15, 0.2) is 0 Å². The van der Waals surface area contributed by atoms with Crippen molar-refractivity contribution in [1.29, 1.82) is 0 Å². The number of ether oxygens (including phenoxy) is 1. The van der Waals surface area contributed by atoms with Crippen molar-refractivity contribution in [2.45, 2.75) is 25.8 Å². The smallest absolute Gasteiger partial charge is 0.212 e. The third kappa shape index (κ3) is 1.28. The first-order chi connectivity index (χ1) is 6.57. The molecule has 0 bridgehead atoms. The Labute approximate surface area is 84.3 Å². The lowest BCUT2D eigenvalue weighted by molar-refractivity contribution is 0.397. The highest BCUT2D eigenvalue weighted by molar-refractivity contribution is 5.33. The maximum Gasteiger partial charge on any atom is 0.212 e. The summed E-state index contributed by atoms with van der Waals surface area (Å²) in [6.45, 7) is 4.37. The van der Waals surface area contributed by atoms with Crippen LogP contribution >= 0.6 is 0 Å². The number of pyridine rings is 1. The van der Waals surface area contributed by atoms with E-state index in [0.717, 1.165) is 0 Å². The van der Waals surface area contributed by atoms with E-state index < -0.39 is 0 Å². The zero-order valence-electron chi connectivity index (χ0n) is 8.82. The van der Waals surface area contributed by atoms with Gasteiger partial charge in [0, 0.05) is 24.2 Å². The zero-order valence-corrected chi connectivity index (χ0v) is 8.82. The fourth-order valence-electron chi connectivity index (χ4n) is 2.01. The molecule has 0 amide bonds. The van der Waals surface area contributed by atoms with Crippen molar-refractivity contribution in [1.82, 2.24) is 4.98 Å². The first-order valence-corrected chi connectivity index (χ1v) is 4.83. The Morgan fingerprint density at radius 2 is 2.07 bits per heavy atom. The zero-order chi connectivity index (χ0) is 10.3. The Bertz CT molecular complexity index is 332. The fourth-order valence-corrected chi connectivity index (χ4v) is 2.01. The van der Waals surface area contributed by atoms with Gasteiger partial charge in [-0.2, -0.15) is 0 Å². The summed E-state index contributed by atoms with van der Waals surface area (Å²) in [5, 5.41) is 0. The normalized spacial score (nSPS) is 28.6. The molecule has 2 atom stereocenters. The van der Waals surface area contributed by atoms with Gasteiger partial charge in [0.1, 0.15) is 0 Å². The van der Waals surface area contributed by atoms with Crippen LogP contribution in [0.25, 0.3) is 0 Å². The Hall–Kier alpha value is -1.09. The SMILES string of the molecule is COc1ccc([C@@H]2[C@@H](N)C2(C)C)cn1. The van der Waals surface area contributed by atoms with Crippen molar-refractivity contribution in [3.05, 3.63) is 23.9 Å². The van der Waals surface area contributed by atoms with Gasteiger partial charge in [-0.3, -0.25) is 0 Å². The maximum atomic E-state index is 5.99. The minimum atomic E-state index is 0.219. The molecule has 3 heteroatoms. The van der Waals surface area contributed by atoms with Crippen LogP contribution in [-0.4, -0.2) is 18.1 Å². The Kier molecular flexibility index (Phi) is 2.00. The monoisotopic (exact) mass is 192 g/mol. The predicted molar refractivity (Wildman–Crippen MR) is 55.3 cm³/mol. The Morgan fingerprint density at radius 3 is 2.43 bits per heavy atom. The van der Waals surface area contributed by atoms with E-state index in [-0.39, 0.29) is 11.5 Å². The van der Waals surface area contributed by atoms with E-state index in [4.69, 9.17) is 10.5 Å². The average molecular weight is 192 g/mol. The first kappa shape index (κ1) is 9.46. The van der Waals surface area contributed by atoms with E-state index in [0.29, 0.717) is 11.8 Å². The van der Waals surface area contributed by atoms with E-state index in [9.17, 15) is 0 Å². The van der Waals surface area contributed by atoms with Crippen LogP contribution in [0.3, 0.4) is 0 Å². The molecule has 3 nitrogen and oxygen atoms in total. The molecule has 0 aliphatic heterocycles. The first-order valence-electron chi connectivity index (χ1n) is 4.83. The number of methoxy groups -OCH3 is 1. The van der Waals surface area contributed by atoms with E-state index in [1.54, 1.807) is 7.11 Å². The van der Waals surface area contributed by atoms with Crippen LogP contribution < -0.4 is 10.5 Å². The van der Waals surface area contributed by atoms with Crippen molar-refractivity contribution in [2.24, 2.45) is 11.1 Å². The Morgan fingerprint density at radius 1 is 1.43 bits per heavy atom. The van der Waals surface area contributed by atoms with Crippen LogP contribution in [0.15, 0.2) is 18.3 Å². The van der Waals surface area contributed by atoms with Crippen LogP contribution in [0.5, 0.6) is 5.88 Å². The van der Waals surface area contributed by atoms with Crippen LogP contribution in [0.2, 0.25) is 0 Å². The molecule has 1 fully saturated rings. The topological polar surface area (TPSA) is 48.1 Å². The highest BCUT2D eigenvalue weighted by Crippen LogP contribution is 2.57. The minimum absolute atomic E-state index is 0.219. The van der Waals surface area contributed by atoms with Crippen molar-refractivity contribution < 1.29 is 4.74 Å². The van der Waals surface area contributed by atoms with Crippen LogP contribution in [0.4, 0.5) is 0 Å². The molecule has 14 heavy (non-hydrogen) atoms. The van der Waals surface area contributed by atoms with Crippen molar-refractivity contribution >= 4 is 0 Å². The van der Waals surface area contributed by atoms with Gasteiger partial charge in [0.05, 0.1) is 7.11 Å². The molecule has 1 aromatic rings. The average Bonchev–Trinajstić information content (AvgIpc) is 2.67. The molecule has 2 rings (SSSR count). The summed E-state index contributed by atoms with van der Waals surface area (Å²) < 4.78 is 5.01. The van der Waals surface area contributed by atoms with Gasteiger partial charge in [0.2, 0.25) is 5.88 Å². The van der Waals surface area contributed by atoms with Gasteiger partial charge in [0.25, 0.3) is 0 Å². The fraction of sp³-hybridized carbons (Fsp3) is 0.545. The van der Waals surface area contributed by atoms with Gasteiger partial charge in [-0.15, -0.1) is 0 Å². The predicted octanol–water partition coefficient (Wildman–Crippen LogP) is 1.54. The highest BCUT2D eigenvalue weighted by Gasteiger charge is 2.56. The number of rotatable bonds is 2. The van der Waals surface area contributed by atoms with Crippen LogP contribution in [0.1, 0.15) is 25.3 Å². The summed E-state index contributed by atoms with van der Waals surface area (Å²) in [6.07, 6.45) is 1.86. The Balaban J connectivity index is 2.20. The summed E-state index contributed by atoms with van der Waals surface area (Å²) in [5.41, 5.74) is 7.42. The summed E-state index contributed by atoms with van der Waals surface area (Å²) >= 11 is 0. The molecule has 1 aliphatic carbocycles. The van der Waals surface area contributed by atoms with E-state index in [1.807, 2.05) is 18.3 Å². The van der Waals surface area contributed by atoms with Gasteiger partial charge in [-0.05, 0) is 11.0 Å². The second kappa shape index (κ2) is 2.95. The summed E-state index contributed by atoms with van der Waals surface area (Å²) in [4.78, 5) is 4.18. The van der Waals surface area contributed by atoms with Crippen LogP contribution in [0, 0.1) is 5.41 Å². The summed E-state index contributed by atoms with van der Waals surface area (Å²) in [6, 6.07) is 4.19. The van der Waals surface area contributed by atoms with E-state index in [1.165, 1.54) is 5.56 Å². The number of aromatic nitrogens is 1. The largest absolute Gasteiger partial charge is 0.481 e.